The van der Waals surface area contributed by atoms with Gasteiger partial charge in [0.2, 0.25) is 0 Å². The second-order valence-electron chi connectivity index (χ2n) is 5.85. The molecule has 2 fully saturated rings. The summed E-state index contributed by atoms with van der Waals surface area (Å²) < 4.78 is 1.93. The van der Waals surface area contributed by atoms with E-state index in [1.54, 1.807) is 0 Å². The van der Waals surface area contributed by atoms with Crippen molar-refractivity contribution in [3.8, 4) is 0 Å². The number of nitrogens with zero attached hydrogens (tertiary/aromatic N) is 1. The molecule has 4 heteroatoms. The monoisotopic (exact) mass is 257 g/mol. The average molecular weight is 257 g/mol. The van der Waals surface area contributed by atoms with Gasteiger partial charge in [0.05, 0.1) is 11.0 Å². The minimum atomic E-state index is 0.0522. The molecule has 19 heavy (non-hydrogen) atoms. The molecule has 1 aromatic heterocycles. The average Bonchev–Trinajstić information content (AvgIpc) is 3.21. The van der Waals surface area contributed by atoms with Crippen LogP contribution in [0, 0.1) is 0 Å². The highest BCUT2D eigenvalue weighted by atomic mass is 16.1. The summed E-state index contributed by atoms with van der Waals surface area (Å²) in [4.78, 5) is 15.0. The highest BCUT2D eigenvalue weighted by Crippen LogP contribution is 2.36. The van der Waals surface area contributed by atoms with Gasteiger partial charge in [-0.2, -0.15) is 0 Å². The van der Waals surface area contributed by atoms with Crippen molar-refractivity contribution < 1.29 is 0 Å². The fourth-order valence-electron chi connectivity index (χ4n) is 3.23. The Morgan fingerprint density at radius 3 is 2.84 bits per heavy atom. The quantitative estimate of drug-likeness (QED) is 0.866. The van der Waals surface area contributed by atoms with Gasteiger partial charge >= 0.3 is 5.69 Å². The number of nitrogens with one attached hydrogen (secondary N) is 2. The van der Waals surface area contributed by atoms with E-state index in [2.05, 4.69) is 28.5 Å². The molecule has 0 amide bonds. The van der Waals surface area contributed by atoms with Gasteiger partial charge in [0.25, 0.3) is 0 Å². The van der Waals surface area contributed by atoms with E-state index < -0.39 is 0 Å². The van der Waals surface area contributed by atoms with E-state index >= 15 is 0 Å². The summed E-state index contributed by atoms with van der Waals surface area (Å²) in [6.45, 7) is 2.19. The van der Waals surface area contributed by atoms with Gasteiger partial charge in [-0.1, -0.05) is 6.07 Å². The molecule has 0 spiro atoms. The molecule has 1 aromatic carbocycles. The first kappa shape index (κ1) is 11.3. The number of aromatic amines is 1. The SMILES string of the molecule is O=c1[nH]c2cc(C3CCCNC3)ccc2n1C1CC1. The summed E-state index contributed by atoms with van der Waals surface area (Å²) in [5.41, 5.74) is 3.47. The number of hydrogen-bond acceptors (Lipinski definition) is 2. The maximum atomic E-state index is 12.0. The number of hydrogen-bond donors (Lipinski definition) is 2. The fraction of sp³-hybridized carbons (Fsp3) is 0.533. The van der Waals surface area contributed by atoms with E-state index in [4.69, 9.17) is 0 Å². The Balaban J connectivity index is 1.77. The molecule has 0 radical (unpaired) electrons. The van der Waals surface area contributed by atoms with E-state index in [0.29, 0.717) is 12.0 Å². The van der Waals surface area contributed by atoms with Crippen molar-refractivity contribution in [2.45, 2.75) is 37.6 Å². The van der Waals surface area contributed by atoms with E-state index in [1.807, 2.05) is 4.57 Å². The molecule has 2 N–H and O–H groups in total. The maximum absolute atomic E-state index is 12.0. The number of rotatable bonds is 2. The third-order valence-corrected chi connectivity index (χ3v) is 4.42. The van der Waals surface area contributed by atoms with Gasteiger partial charge in [-0.25, -0.2) is 4.79 Å². The summed E-state index contributed by atoms with van der Waals surface area (Å²) in [6.07, 6.45) is 4.76. The molecule has 1 saturated carbocycles. The minimum absolute atomic E-state index is 0.0522. The third kappa shape index (κ3) is 1.91. The number of piperidine rings is 1. The second-order valence-corrected chi connectivity index (χ2v) is 5.85. The van der Waals surface area contributed by atoms with Crippen molar-refractivity contribution >= 4 is 11.0 Å². The first-order chi connectivity index (χ1) is 9.33. The Labute approximate surface area is 111 Å². The molecule has 1 aliphatic carbocycles. The van der Waals surface area contributed by atoms with Crippen molar-refractivity contribution in [3.63, 3.8) is 0 Å². The van der Waals surface area contributed by atoms with Crippen LogP contribution < -0.4 is 11.0 Å². The van der Waals surface area contributed by atoms with Crippen molar-refractivity contribution in [2.24, 2.45) is 0 Å². The van der Waals surface area contributed by atoms with Crippen LogP contribution in [0.25, 0.3) is 11.0 Å². The van der Waals surface area contributed by atoms with Gasteiger partial charge in [-0.3, -0.25) is 4.57 Å². The third-order valence-electron chi connectivity index (χ3n) is 4.42. The number of benzene rings is 1. The molecule has 1 atom stereocenters. The molecule has 1 saturated heterocycles. The molecular weight excluding hydrogens is 238 g/mol. The Morgan fingerprint density at radius 1 is 1.21 bits per heavy atom. The van der Waals surface area contributed by atoms with Crippen LogP contribution in [-0.2, 0) is 0 Å². The Bertz CT molecular complexity index is 660. The lowest BCUT2D eigenvalue weighted by atomic mass is 9.91. The number of aromatic nitrogens is 2. The zero-order valence-corrected chi connectivity index (χ0v) is 11.0. The molecule has 2 aromatic rings. The Morgan fingerprint density at radius 2 is 2.11 bits per heavy atom. The molecule has 0 bridgehead atoms. The van der Waals surface area contributed by atoms with Crippen molar-refractivity contribution in [1.82, 2.24) is 14.9 Å². The summed E-state index contributed by atoms with van der Waals surface area (Å²) in [6, 6.07) is 6.93. The van der Waals surface area contributed by atoms with Gasteiger partial charge in [0.1, 0.15) is 0 Å². The van der Waals surface area contributed by atoms with Gasteiger partial charge in [-0.15, -0.1) is 0 Å². The van der Waals surface area contributed by atoms with Crippen LogP contribution in [-0.4, -0.2) is 22.6 Å². The highest BCUT2D eigenvalue weighted by Gasteiger charge is 2.27. The van der Waals surface area contributed by atoms with Crippen LogP contribution in [0.3, 0.4) is 0 Å². The van der Waals surface area contributed by atoms with Crippen LogP contribution in [0.1, 0.15) is 43.2 Å². The smallest absolute Gasteiger partial charge is 0.316 e. The molecular formula is C15H19N3O. The van der Waals surface area contributed by atoms with Crippen LogP contribution in [0.5, 0.6) is 0 Å². The number of H-pyrrole nitrogens is 1. The lowest BCUT2D eigenvalue weighted by Crippen LogP contribution is -2.28. The first-order valence-electron chi connectivity index (χ1n) is 7.28. The molecule has 1 unspecified atom stereocenters. The summed E-state index contributed by atoms with van der Waals surface area (Å²) >= 11 is 0. The van der Waals surface area contributed by atoms with Gasteiger partial charge in [-0.05, 0) is 55.8 Å². The summed E-state index contributed by atoms with van der Waals surface area (Å²) in [5.74, 6) is 0.589. The zero-order chi connectivity index (χ0) is 12.8. The summed E-state index contributed by atoms with van der Waals surface area (Å²) in [7, 11) is 0. The lowest BCUT2D eigenvalue weighted by Gasteiger charge is -2.23. The normalized spacial score (nSPS) is 23.9. The van der Waals surface area contributed by atoms with Crippen LogP contribution in [0.15, 0.2) is 23.0 Å². The second kappa shape index (κ2) is 4.23. The first-order valence-corrected chi connectivity index (χ1v) is 7.28. The van der Waals surface area contributed by atoms with E-state index in [9.17, 15) is 4.79 Å². The topological polar surface area (TPSA) is 49.8 Å². The lowest BCUT2D eigenvalue weighted by molar-refractivity contribution is 0.462. The highest BCUT2D eigenvalue weighted by molar-refractivity contribution is 5.76. The molecule has 2 heterocycles. The minimum Gasteiger partial charge on any atom is -0.316 e. The molecule has 4 rings (SSSR count). The predicted octanol–water partition coefficient (Wildman–Crippen LogP) is 2.13. The molecule has 1 aliphatic heterocycles. The Kier molecular flexibility index (Phi) is 2.52. The number of fused-ring (bicyclic) bond motifs is 1. The van der Waals surface area contributed by atoms with Gasteiger partial charge in [0.15, 0.2) is 0 Å². The molecule has 4 nitrogen and oxygen atoms in total. The van der Waals surface area contributed by atoms with Crippen molar-refractivity contribution in [2.75, 3.05) is 13.1 Å². The van der Waals surface area contributed by atoms with E-state index in [1.165, 1.54) is 18.4 Å². The van der Waals surface area contributed by atoms with Crippen LogP contribution >= 0.6 is 0 Å². The van der Waals surface area contributed by atoms with Crippen LogP contribution in [0.4, 0.5) is 0 Å². The van der Waals surface area contributed by atoms with E-state index in [0.717, 1.165) is 37.0 Å². The van der Waals surface area contributed by atoms with Crippen LogP contribution in [0.2, 0.25) is 0 Å². The predicted molar refractivity (Wildman–Crippen MR) is 75.7 cm³/mol. The maximum Gasteiger partial charge on any atom is 0.326 e. The van der Waals surface area contributed by atoms with Crippen molar-refractivity contribution in [3.05, 3.63) is 34.2 Å². The standard InChI is InChI=1S/C15H19N3O/c19-15-17-13-8-10(11-2-1-7-16-9-11)3-6-14(13)18(15)12-4-5-12/h3,6,8,11-12,16H,1-2,4-5,7,9H2,(H,17,19). The van der Waals surface area contributed by atoms with Crippen molar-refractivity contribution in [1.29, 1.82) is 0 Å². The fourth-order valence-corrected chi connectivity index (χ4v) is 3.23. The van der Waals surface area contributed by atoms with Gasteiger partial charge < -0.3 is 10.3 Å². The number of imidazole rings is 1. The van der Waals surface area contributed by atoms with E-state index in [-0.39, 0.29) is 5.69 Å². The Hall–Kier alpha value is -1.55. The molecule has 100 valence electrons. The largest absolute Gasteiger partial charge is 0.326 e. The zero-order valence-electron chi connectivity index (χ0n) is 11.0. The molecule has 2 aliphatic rings. The summed E-state index contributed by atoms with van der Waals surface area (Å²) in [5, 5.41) is 3.45. The van der Waals surface area contributed by atoms with Gasteiger partial charge in [0, 0.05) is 12.6 Å².